The molecule has 100 valence electrons. The van der Waals surface area contributed by atoms with E-state index in [4.69, 9.17) is 10.6 Å². The van der Waals surface area contributed by atoms with Crippen LogP contribution in [0.3, 0.4) is 0 Å². The third-order valence-electron chi connectivity index (χ3n) is 2.91. The SMILES string of the molecule is NNc1cccc(Oc2ccc3ccccc3c2Br)n1. The van der Waals surface area contributed by atoms with Crippen molar-refractivity contribution in [3.05, 3.63) is 59.1 Å². The van der Waals surface area contributed by atoms with Gasteiger partial charge in [-0.25, -0.2) is 5.84 Å². The molecular weight excluding hydrogens is 318 g/mol. The fourth-order valence-corrected chi connectivity index (χ4v) is 2.53. The highest BCUT2D eigenvalue weighted by Gasteiger charge is 2.08. The summed E-state index contributed by atoms with van der Waals surface area (Å²) in [5, 5.41) is 2.25. The number of nitrogens with one attached hydrogen (secondary N) is 1. The molecule has 3 aromatic rings. The normalized spacial score (nSPS) is 10.5. The standard InChI is InChI=1S/C15H12BrN3O/c16-15-11-5-2-1-4-10(11)8-9-12(15)20-14-7-3-6-13(18-14)19-17/h1-9H,17H2,(H,18,19). The lowest BCUT2D eigenvalue weighted by molar-refractivity contribution is 0.461. The van der Waals surface area contributed by atoms with Gasteiger partial charge in [0.25, 0.3) is 0 Å². The third kappa shape index (κ3) is 2.45. The van der Waals surface area contributed by atoms with Crippen molar-refractivity contribution in [3.8, 4) is 11.6 Å². The Labute approximate surface area is 124 Å². The van der Waals surface area contributed by atoms with E-state index in [9.17, 15) is 0 Å². The molecule has 0 saturated heterocycles. The predicted molar refractivity (Wildman–Crippen MR) is 83.8 cm³/mol. The number of hydrogen-bond donors (Lipinski definition) is 2. The second kappa shape index (κ2) is 5.48. The molecule has 0 bridgehead atoms. The molecule has 0 fully saturated rings. The Morgan fingerprint density at radius 1 is 1.00 bits per heavy atom. The van der Waals surface area contributed by atoms with Crippen molar-refractivity contribution in [1.29, 1.82) is 0 Å². The average Bonchev–Trinajstić information content (AvgIpc) is 2.50. The fraction of sp³-hybridized carbons (Fsp3) is 0. The van der Waals surface area contributed by atoms with Crippen LogP contribution in [0, 0.1) is 0 Å². The van der Waals surface area contributed by atoms with E-state index in [0.717, 1.165) is 15.2 Å². The number of rotatable bonds is 3. The third-order valence-corrected chi connectivity index (χ3v) is 3.73. The molecule has 5 heteroatoms. The van der Waals surface area contributed by atoms with Crippen LogP contribution in [0.4, 0.5) is 5.82 Å². The number of ether oxygens (including phenoxy) is 1. The van der Waals surface area contributed by atoms with Crippen molar-refractivity contribution in [3.63, 3.8) is 0 Å². The summed E-state index contributed by atoms with van der Waals surface area (Å²) in [7, 11) is 0. The molecule has 4 nitrogen and oxygen atoms in total. The summed E-state index contributed by atoms with van der Waals surface area (Å²) < 4.78 is 6.71. The molecule has 0 amide bonds. The lowest BCUT2D eigenvalue weighted by Gasteiger charge is -2.10. The number of anilines is 1. The number of halogens is 1. The van der Waals surface area contributed by atoms with Gasteiger partial charge in [0.2, 0.25) is 5.88 Å². The molecule has 0 atom stereocenters. The van der Waals surface area contributed by atoms with Crippen LogP contribution in [0.5, 0.6) is 11.6 Å². The highest BCUT2D eigenvalue weighted by molar-refractivity contribution is 9.10. The molecule has 0 spiro atoms. The van der Waals surface area contributed by atoms with Gasteiger partial charge >= 0.3 is 0 Å². The van der Waals surface area contributed by atoms with Gasteiger partial charge in [-0.05, 0) is 38.8 Å². The first-order valence-corrected chi connectivity index (χ1v) is 6.86. The largest absolute Gasteiger partial charge is 0.438 e. The molecule has 3 N–H and O–H groups in total. The summed E-state index contributed by atoms with van der Waals surface area (Å²) >= 11 is 3.58. The van der Waals surface area contributed by atoms with Crippen molar-refractivity contribution < 1.29 is 4.74 Å². The monoisotopic (exact) mass is 329 g/mol. The van der Waals surface area contributed by atoms with Crippen molar-refractivity contribution in [2.75, 3.05) is 5.43 Å². The second-order valence-electron chi connectivity index (χ2n) is 4.21. The molecule has 0 saturated carbocycles. The van der Waals surface area contributed by atoms with Gasteiger partial charge in [-0.3, -0.25) is 0 Å². The molecule has 0 aliphatic rings. The molecule has 20 heavy (non-hydrogen) atoms. The number of hydrogen-bond acceptors (Lipinski definition) is 4. The maximum Gasteiger partial charge on any atom is 0.221 e. The minimum Gasteiger partial charge on any atom is -0.438 e. The van der Waals surface area contributed by atoms with E-state index in [0.29, 0.717) is 17.4 Å². The Morgan fingerprint density at radius 3 is 2.70 bits per heavy atom. The van der Waals surface area contributed by atoms with E-state index in [1.807, 2.05) is 36.4 Å². The lowest BCUT2D eigenvalue weighted by atomic mass is 10.1. The topological polar surface area (TPSA) is 60.2 Å². The summed E-state index contributed by atoms with van der Waals surface area (Å²) in [6, 6.07) is 17.4. The number of nitrogens with zero attached hydrogens (tertiary/aromatic N) is 1. The van der Waals surface area contributed by atoms with Gasteiger partial charge in [-0.2, -0.15) is 4.98 Å². The molecule has 0 aliphatic heterocycles. The minimum atomic E-state index is 0.483. The number of nitrogens with two attached hydrogens (primary N) is 1. The number of nitrogen functional groups attached to an aromatic ring is 1. The maximum absolute atomic E-state index is 5.81. The zero-order valence-electron chi connectivity index (χ0n) is 10.5. The molecule has 0 radical (unpaired) electrons. The van der Waals surface area contributed by atoms with Crippen molar-refractivity contribution >= 4 is 32.5 Å². The van der Waals surface area contributed by atoms with Crippen LogP contribution >= 0.6 is 15.9 Å². The van der Waals surface area contributed by atoms with Crippen LogP contribution in [0.25, 0.3) is 10.8 Å². The van der Waals surface area contributed by atoms with Gasteiger partial charge in [0.1, 0.15) is 11.6 Å². The van der Waals surface area contributed by atoms with E-state index < -0.39 is 0 Å². The Bertz CT molecular complexity index is 761. The van der Waals surface area contributed by atoms with Gasteiger partial charge in [0.15, 0.2) is 0 Å². The predicted octanol–water partition coefficient (Wildman–Crippen LogP) is 4.08. The summed E-state index contributed by atoms with van der Waals surface area (Å²) in [5.41, 5.74) is 2.49. The van der Waals surface area contributed by atoms with Crippen LogP contribution in [-0.4, -0.2) is 4.98 Å². The zero-order chi connectivity index (χ0) is 13.9. The van der Waals surface area contributed by atoms with Gasteiger partial charge in [-0.1, -0.05) is 36.4 Å². The summed E-state index contributed by atoms with van der Waals surface area (Å²) in [6.07, 6.45) is 0. The van der Waals surface area contributed by atoms with Gasteiger partial charge in [-0.15, -0.1) is 0 Å². The highest BCUT2D eigenvalue weighted by Crippen LogP contribution is 2.35. The lowest BCUT2D eigenvalue weighted by Crippen LogP contribution is -2.08. The Balaban J connectivity index is 2.00. The highest BCUT2D eigenvalue weighted by atomic mass is 79.9. The van der Waals surface area contributed by atoms with E-state index >= 15 is 0 Å². The number of fused-ring (bicyclic) bond motifs is 1. The Morgan fingerprint density at radius 2 is 1.85 bits per heavy atom. The fourth-order valence-electron chi connectivity index (χ4n) is 1.96. The van der Waals surface area contributed by atoms with Crippen molar-refractivity contribution in [2.45, 2.75) is 0 Å². The summed E-state index contributed by atoms with van der Waals surface area (Å²) in [5.74, 6) is 7.09. The van der Waals surface area contributed by atoms with Crippen LogP contribution in [0.1, 0.15) is 0 Å². The molecule has 0 unspecified atom stereocenters. The van der Waals surface area contributed by atoms with Gasteiger partial charge in [0, 0.05) is 6.07 Å². The quantitative estimate of drug-likeness (QED) is 0.561. The Kier molecular flexibility index (Phi) is 3.54. The molecule has 2 aromatic carbocycles. The van der Waals surface area contributed by atoms with Crippen LogP contribution in [0.15, 0.2) is 59.1 Å². The number of aromatic nitrogens is 1. The van der Waals surface area contributed by atoms with Gasteiger partial charge in [0.05, 0.1) is 4.47 Å². The van der Waals surface area contributed by atoms with E-state index in [1.165, 1.54) is 0 Å². The molecule has 3 rings (SSSR count). The molecule has 1 aromatic heterocycles. The smallest absolute Gasteiger partial charge is 0.221 e. The first-order chi connectivity index (χ1) is 9.78. The average molecular weight is 330 g/mol. The minimum absolute atomic E-state index is 0.483. The van der Waals surface area contributed by atoms with Crippen LogP contribution in [-0.2, 0) is 0 Å². The van der Waals surface area contributed by atoms with E-state index in [2.05, 4.69) is 32.4 Å². The summed E-state index contributed by atoms with van der Waals surface area (Å²) in [6.45, 7) is 0. The van der Waals surface area contributed by atoms with E-state index in [-0.39, 0.29) is 0 Å². The van der Waals surface area contributed by atoms with Crippen molar-refractivity contribution in [1.82, 2.24) is 4.98 Å². The number of pyridine rings is 1. The maximum atomic E-state index is 5.81. The zero-order valence-corrected chi connectivity index (χ0v) is 12.1. The summed E-state index contributed by atoms with van der Waals surface area (Å²) in [4.78, 5) is 4.23. The van der Waals surface area contributed by atoms with Crippen LogP contribution in [0.2, 0.25) is 0 Å². The van der Waals surface area contributed by atoms with Crippen LogP contribution < -0.4 is 16.0 Å². The van der Waals surface area contributed by atoms with Crippen molar-refractivity contribution in [2.24, 2.45) is 5.84 Å². The Hall–Kier alpha value is -2.11. The first kappa shape index (κ1) is 12.9. The molecular formula is C15H12BrN3O. The second-order valence-corrected chi connectivity index (χ2v) is 5.00. The molecule has 0 aliphatic carbocycles. The molecule has 1 heterocycles. The number of benzene rings is 2. The first-order valence-electron chi connectivity index (χ1n) is 6.07. The number of hydrazine groups is 1. The van der Waals surface area contributed by atoms with E-state index in [1.54, 1.807) is 12.1 Å². The van der Waals surface area contributed by atoms with Gasteiger partial charge < -0.3 is 10.2 Å².